The van der Waals surface area contributed by atoms with Gasteiger partial charge in [-0.1, -0.05) is 37.8 Å². The predicted octanol–water partition coefficient (Wildman–Crippen LogP) is 3.93. The molecule has 0 aliphatic heterocycles. The molecule has 0 heterocycles. The van der Waals surface area contributed by atoms with Crippen molar-refractivity contribution in [1.29, 1.82) is 0 Å². The van der Waals surface area contributed by atoms with Crippen LogP contribution >= 0.6 is 11.6 Å². The highest BCUT2D eigenvalue weighted by Crippen LogP contribution is 2.19. The minimum absolute atomic E-state index is 0.0361. The van der Waals surface area contributed by atoms with Crippen molar-refractivity contribution in [3.63, 3.8) is 0 Å². The Kier molecular flexibility index (Phi) is 6.05. The molecular formula is C13H16ClF2NO. The van der Waals surface area contributed by atoms with E-state index in [0.29, 0.717) is 6.54 Å². The first-order valence-electron chi connectivity index (χ1n) is 5.99. The minimum Gasteiger partial charge on any atom is -0.352 e. The summed E-state index contributed by atoms with van der Waals surface area (Å²) >= 11 is 5.69. The van der Waals surface area contributed by atoms with Gasteiger partial charge in [-0.3, -0.25) is 4.79 Å². The predicted molar refractivity (Wildman–Crippen MR) is 67.8 cm³/mol. The minimum atomic E-state index is -1.07. The van der Waals surface area contributed by atoms with Crippen LogP contribution in [0.1, 0.15) is 43.0 Å². The number of rotatable bonds is 6. The van der Waals surface area contributed by atoms with Gasteiger partial charge < -0.3 is 5.32 Å². The number of amides is 1. The van der Waals surface area contributed by atoms with Crippen LogP contribution in [0.25, 0.3) is 0 Å². The smallest absolute Gasteiger partial charge is 0.252 e. The average molecular weight is 276 g/mol. The van der Waals surface area contributed by atoms with Gasteiger partial charge in [-0.2, -0.15) is 0 Å². The zero-order valence-electron chi connectivity index (χ0n) is 10.2. The van der Waals surface area contributed by atoms with Crippen molar-refractivity contribution < 1.29 is 13.6 Å². The van der Waals surface area contributed by atoms with E-state index in [4.69, 9.17) is 11.6 Å². The van der Waals surface area contributed by atoms with E-state index in [2.05, 4.69) is 12.2 Å². The van der Waals surface area contributed by atoms with Gasteiger partial charge in [0.15, 0.2) is 11.6 Å². The van der Waals surface area contributed by atoms with Gasteiger partial charge in [0.1, 0.15) is 0 Å². The van der Waals surface area contributed by atoms with Gasteiger partial charge in [0, 0.05) is 6.54 Å². The molecule has 0 atom stereocenters. The fourth-order valence-electron chi connectivity index (χ4n) is 1.55. The first kappa shape index (κ1) is 14.9. The van der Waals surface area contributed by atoms with Gasteiger partial charge in [-0.05, 0) is 18.6 Å². The lowest BCUT2D eigenvalue weighted by Gasteiger charge is -2.07. The van der Waals surface area contributed by atoms with E-state index >= 15 is 0 Å². The lowest BCUT2D eigenvalue weighted by atomic mass is 10.2. The fourth-order valence-corrected chi connectivity index (χ4v) is 1.78. The molecule has 0 radical (unpaired) electrons. The van der Waals surface area contributed by atoms with Crippen LogP contribution in [0, 0.1) is 11.6 Å². The van der Waals surface area contributed by atoms with Gasteiger partial charge in [0.2, 0.25) is 0 Å². The highest BCUT2D eigenvalue weighted by Gasteiger charge is 2.14. The molecule has 5 heteroatoms. The second-order valence-electron chi connectivity index (χ2n) is 4.06. The van der Waals surface area contributed by atoms with Crippen molar-refractivity contribution >= 4 is 17.5 Å². The molecule has 0 saturated heterocycles. The highest BCUT2D eigenvalue weighted by molar-refractivity contribution is 6.33. The topological polar surface area (TPSA) is 29.1 Å². The van der Waals surface area contributed by atoms with Gasteiger partial charge in [0.05, 0.1) is 10.6 Å². The Bertz CT molecular complexity index is 424. The average Bonchev–Trinajstić information content (AvgIpc) is 2.33. The van der Waals surface area contributed by atoms with Crippen LogP contribution in [0.15, 0.2) is 12.1 Å². The van der Waals surface area contributed by atoms with E-state index in [9.17, 15) is 13.6 Å². The Morgan fingerprint density at radius 2 is 1.89 bits per heavy atom. The van der Waals surface area contributed by atoms with Crippen molar-refractivity contribution in [1.82, 2.24) is 5.32 Å². The maximum absolute atomic E-state index is 13.0. The molecule has 0 saturated carbocycles. The molecular weight excluding hydrogens is 260 g/mol. The lowest BCUT2D eigenvalue weighted by Crippen LogP contribution is -2.25. The van der Waals surface area contributed by atoms with Gasteiger partial charge in [-0.25, -0.2) is 8.78 Å². The Balaban J connectivity index is 2.54. The van der Waals surface area contributed by atoms with E-state index in [-0.39, 0.29) is 10.6 Å². The van der Waals surface area contributed by atoms with Crippen LogP contribution in [0.4, 0.5) is 8.78 Å². The Morgan fingerprint density at radius 1 is 1.22 bits per heavy atom. The molecule has 0 aromatic heterocycles. The van der Waals surface area contributed by atoms with Crippen molar-refractivity contribution in [2.75, 3.05) is 6.54 Å². The quantitative estimate of drug-likeness (QED) is 0.619. The van der Waals surface area contributed by atoms with E-state index in [1.807, 2.05) is 0 Å². The third-order valence-electron chi connectivity index (χ3n) is 2.57. The van der Waals surface area contributed by atoms with E-state index in [0.717, 1.165) is 37.8 Å². The van der Waals surface area contributed by atoms with Crippen molar-refractivity contribution in [3.05, 3.63) is 34.4 Å². The Hall–Kier alpha value is -1.16. The molecule has 18 heavy (non-hydrogen) atoms. The summed E-state index contributed by atoms with van der Waals surface area (Å²) in [5.74, 6) is -2.61. The normalized spacial score (nSPS) is 10.4. The van der Waals surface area contributed by atoms with E-state index in [1.54, 1.807) is 0 Å². The molecule has 0 fully saturated rings. The molecule has 0 aliphatic rings. The zero-order valence-corrected chi connectivity index (χ0v) is 11.0. The first-order valence-corrected chi connectivity index (χ1v) is 6.36. The molecule has 1 N–H and O–H groups in total. The highest BCUT2D eigenvalue weighted by atomic mass is 35.5. The number of hydrogen-bond donors (Lipinski definition) is 1. The van der Waals surface area contributed by atoms with E-state index < -0.39 is 17.5 Å². The summed E-state index contributed by atoms with van der Waals surface area (Å²) in [6.07, 6.45) is 4.12. The SMILES string of the molecule is CCCCCCNC(=O)c1cc(F)c(F)cc1Cl. The number of benzene rings is 1. The first-order chi connectivity index (χ1) is 8.56. The molecule has 1 amide bonds. The molecule has 1 rings (SSSR count). The summed E-state index contributed by atoms with van der Waals surface area (Å²) < 4.78 is 25.8. The number of hydrogen-bond acceptors (Lipinski definition) is 1. The summed E-state index contributed by atoms with van der Waals surface area (Å²) in [4.78, 5) is 11.7. The largest absolute Gasteiger partial charge is 0.352 e. The number of nitrogens with one attached hydrogen (secondary N) is 1. The maximum Gasteiger partial charge on any atom is 0.252 e. The monoisotopic (exact) mass is 275 g/mol. The number of unbranched alkanes of at least 4 members (excludes halogenated alkanes) is 3. The second kappa shape index (κ2) is 7.31. The molecule has 1 aromatic rings. The maximum atomic E-state index is 13.0. The van der Waals surface area contributed by atoms with Crippen LogP contribution in [-0.4, -0.2) is 12.5 Å². The summed E-state index contributed by atoms with van der Waals surface area (Å²) in [7, 11) is 0. The third kappa shape index (κ3) is 4.26. The van der Waals surface area contributed by atoms with Crippen LogP contribution in [0.5, 0.6) is 0 Å². The number of carbonyl (C=O) groups excluding carboxylic acids is 1. The van der Waals surface area contributed by atoms with Crippen molar-refractivity contribution in [2.45, 2.75) is 32.6 Å². The Labute approximate surface area is 110 Å². The molecule has 1 aromatic carbocycles. The van der Waals surface area contributed by atoms with Crippen LogP contribution in [-0.2, 0) is 0 Å². The summed E-state index contributed by atoms with van der Waals surface area (Å²) in [6.45, 7) is 2.60. The van der Waals surface area contributed by atoms with Crippen LogP contribution in [0.3, 0.4) is 0 Å². The summed E-state index contributed by atoms with van der Waals surface area (Å²) in [5.41, 5.74) is -0.0361. The lowest BCUT2D eigenvalue weighted by molar-refractivity contribution is 0.0952. The molecule has 0 spiro atoms. The number of halogens is 3. The van der Waals surface area contributed by atoms with Crippen LogP contribution in [0.2, 0.25) is 5.02 Å². The molecule has 0 aliphatic carbocycles. The van der Waals surface area contributed by atoms with E-state index in [1.165, 1.54) is 0 Å². The summed E-state index contributed by atoms with van der Waals surface area (Å²) in [5, 5.41) is 2.55. The molecule has 0 bridgehead atoms. The zero-order chi connectivity index (χ0) is 13.5. The third-order valence-corrected chi connectivity index (χ3v) is 2.88. The second-order valence-corrected chi connectivity index (χ2v) is 4.47. The number of carbonyl (C=O) groups is 1. The van der Waals surface area contributed by atoms with Gasteiger partial charge in [0.25, 0.3) is 5.91 Å². The molecule has 0 unspecified atom stereocenters. The standard InChI is InChI=1S/C13H16ClF2NO/c1-2-3-4-5-6-17-13(18)9-7-11(15)12(16)8-10(9)14/h7-8H,2-6H2,1H3,(H,17,18). The van der Waals surface area contributed by atoms with Crippen molar-refractivity contribution in [2.24, 2.45) is 0 Å². The van der Waals surface area contributed by atoms with Crippen LogP contribution < -0.4 is 5.32 Å². The van der Waals surface area contributed by atoms with Crippen molar-refractivity contribution in [3.8, 4) is 0 Å². The van der Waals surface area contributed by atoms with Gasteiger partial charge >= 0.3 is 0 Å². The molecule has 2 nitrogen and oxygen atoms in total. The fraction of sp³-hybridized carbons (Fsp3) is 0.462. The summed E-state index contributed by atoms with van der Waals surface area (Å²) in [6, 6.07) is 1.63. The Morgan fingerprint density at radius 3 is 2.56 bits per heavy atom. The van der Waals surface area contributed by atoms with Gasteiger partial charge in [-0.15, -0.1) is 0 Å². The molecule has 100 valence electrons.